The van der Waals surface area contributed by atoms with Crippen LogP contribution < -0.4 is 9.64 Å². The van der Waals surface area contributed by atoms with Gasteiger partial charge in [-0.05, 0) is 42.1 Å². The molecule has 4 rings (SSSR count). The van der Waals surface area contributed by atoms with Crippen LogP contribution in [-0.4, -0.2) is 36.9 Å². The molecule has 0 N–H and O–H groups in total. The third-order valence-electron chi connectivity index (χ3n) is 5.29. The smallest absolute Gasteiger partial charge is 0.228 e. The molecule has 1 fully saturated rings. The molecule has 7 heteroatoms. The molecule has 156 valence electrons. The van der Waals surface area contributed by atoms with Gasteiger partial charge in [0.25, 0.3) is 0 Å². The average molecular weight is 425 g/mol. The number of ether oxygens (including phenoxy) is 1. The molecule has 2 amide bonds. The second kappa shape index (κ2) is 9.17. The van der Waals surface area contributed by atoms with E-state index in [4.69, 9.17) is 9.15 Å². The standard InChI is InChI=1S/C23H24N2O4S/c1-28-19-6-2-5-18(14-19)25-15-17(13-22(25)26)23(27)24(16-20-7-3-11-29-20)10-9-21-8-4-12-30-21/h2-8,11-12,14,17H,9-10,13,15-16H2,1H3. The Morgan fingerprint density at radius 3 is 2.90 bits per heavy atom. The Labute approximate surface area is 179 Å². The monoisotopic (exact) mass is 424 g/mol. The van der Waals surface area contributed by atoms with Crippen LogP contribution in [0.2, 0.25) is 0 Å². The third-order valence-corrected chi connectivity index (χ3v) is 6.22. The van der Waals surface area contributed by atoms with E-state index in [2.05, 4.69) is 6.07 Å². The van der Waals surface area contributed by atoms with Gasteiger partial charge in [0.05, 0.1) is 25.8 Å². The van der Waals surface area contributed by atoms with E-state index in [9.17, 15) is 9.59 Å². The number of amides is 2. The number of methoxy groups -OCH3 is 1. The van der Waals surface area contributed by atoms with Crippen LogP contribution in [0.1, 0.15) is 17.1 Å². The van der Waals surface area contributed by atoms with Gasteiger partial charge in [0.15, 0.2) is 0 Å². The van der Waals surface area contributed by atoms with Crippen molar-refractivity contribution in [1.29, 1.82) is 0 Å². The Balaban J connectivity index is 1.48. The van der Waals surface area contributed by atoms with Gasteiger partial charge in [-0.2, -0.15) is 0 Å². The van der Waals surface area contributed by atoms with Gasteiger partial charge in [-0.3, -0.25) is 9.59 Å². The van der Waals surface area contributed by atoms with Crippen molar-refractivity contribution in [2.75, 3.05) is 25.1 Å². The summed E-state index contributed by atoms with van der Waals surface area (Å²) < 4.78 is 10.7. The van der Waals surface area contributed by atoms with Crippen molar-refractivity contribution >= 4 is 28.8 Å². The first-order valence-corrected chi connectivity index (χ1v) is 10.8. The molecule has 0 spiro atoms. The second-order valence-corrected chi connectivity index (χ2v) is 8.31. The molecule has 6 nitrogen and oxygen atoms in total. The maximum Gasteiger partial charge on any atom is 0.228 e. The number of hydrogen-bond donors (Lipinski definition) is 0. The number of benzene rings is 1. The van der Waals surface area contributed by atoms with Crippen molar-refractivity contribution in [3.63, 3.8) is 0 Å². The highest BCUT2D eigenvalue weighted by Gasteiger charge is 2.37. The van der Waals surface area contributed by atoms with Crippen LogP contribution in [0.4, 0.5) is 5.69 Å². The van der Waals surface area contributed by atoms with Crippen LogP contribution >= 0.6 is 11.3 Å². The van der Waals surface area contributed by atoms with Crippen LogP contribution in [0.15, 0.2) is 64.6 Å². The van der Waals surface area contributed by atoms with Crippen LogP contribution in [0.5, 0.6) is 5.75 Å². The molecule has 0 aliphatic carbocycles. The molecule has 0 saturated carbocycles. The molecule has 0 bridgehead atoms. The lowest BCUT2D eigenvalue weighted by Crippen LogP contribution is -2.38. The van der Waals surface area contributed by atoms with E-state index in [1.165, 1.54) is 4.88 Å². The minimum atomic E-state index is -0.373. The van der Waals surface area contributed by atoms with Gasteiger partial charge in [-0.1, -0.05) is 12.1 Å². The maximum atomic E-state index is 13.4. The Morgan fingerprint density at radius 2 is 2.17 bits per heavy atom. The van der Waals surface area contributed by atoms with Crippen molar-refractivity contribution in [3.8, 4) is 5.75 Å². The molecule has 1 unspecified atom stereocenters. The van der Waals surface area contributed by atoms with Gasteiger partial charge in [0.1, 0.15) is 11.5 Å². The summed E-state index contributed by atoms with van der Waals surface area (Å²) >= 11 is 1.68. The lowest BCUT2D eigenvalue weighted by molar-refractivity contribution is -0.136. The van der Waals surface area contributed by atoms with Crippen molar-refractivity contribution in [2.24, 2.45) is 5.92 Å². The summed E-state index contributed by atoms with van der Waals surface area (Å²) in [5, 5.41) is 2.04. The summed E-state index contributed by atoms with van der Waals surface area (Å²) in [6.07, 6.45) is 2.61. The Morgan fingerprint density at radius 1 is 1.27 bits per heavy atom. The van der Waals surface area contributed by atoms with Crippen molar-refractivity contribution in [3.05, 3.63) is 70.8 Å². The van der Waals surface area contributed by atoms with Crippen LogP contribution in [-0.2, 0) is 22.6 Å². The lowest BCUT2D eigenvalue weighted by Gasteiger charge is -2.25. The van der Waals surface area contributed by atoms with E-state index in [1.807, 2.05) is 52.7 Å². The Bertz CT molecular complexity index is 985. The van der Waals surface area contributed by atoms with E-state index < -0.39 is 0 Å². The number of anilines is 1. The van der Waals surface area contributed by atoms with Crippen molar-refractivity contribution < 1.29 is 18.7 Å². The van der Waals surface area contributed by atoms with Crippen molar-refractivity contribution in [1.82, 2.24) is 4.90 Å². The van der Waals surface area contributed by atoms with E-state index in [0.717, 1.165) is 17.9 Å². The van der Waals surface area contributed by atoms with Crippen LogP contribution in [0.25, 0.3) is 0 Å². The van der Waals surface area contributed by atoms with E-state index >= 15 is 0 Å². The second-order valence-electron chi connectivity index (χ2n) is 7.28. The Kier molecular flexibility index (Phi) is 6.18. The van der Waals surface area contributed by atoms with Crippen molar-refractivity contribution in [2.45, 2.75) is 19.4 Å². The number of rotatable bonds is 8. The zero-order valence-corrected chi connectivity index (χ0v) is 17.6. The highest BCUT2D eigenvalue weighted by atomic mass is 32.1. The molecule has 3 heterocycles. The van der Waals surface area contributed by atoms with Gasteiger partial charge in [-0.15, -0.1) is 11.3 Å². The minimum absolute atomic E-state index is 0.0123. The molecule has 30 heavy (non-hydrogen) atoms. The first-order chi connectivity index (χ1) is 14.6. The number of hydrogen-bond acceptors (Lipinski definition) is 5. The molecule has 2 aromatic heterocycles. The molecule has 1 saturated heterocycles. The maximum absolute atomic E-state index is 13.4. The molecular weight excluding hydrogens is 400 g/mol. The van der Waals surface area contributed by atoms with Gasteiger partial charge in [-0.25, -0.2) is 0 Å². The van der Waals surface area contributed by atoms with E-state index in [-0.39, 0.29) is 24.2 Å². The fraction of sp³-hybridized carbons (Fsp3) is 0.304. The number of furan rings is 1. The van der Waals surface area contributed by atoms with Gasteiger partial charge >= 0.3 is 0 Å². The first-order valence-electron chi connectivity index (χ1n) is 9.92. The van der Waals surface area contributed by atoms with Gasteiger partial charge < -0.3 is 19.0 Å². The first kappa shape index (κ1) is 20.2. The third kappa shape index (κ3) is 4.57. The average Bonchev–Trinajstić information content (AvgIpc) is 3.53. The normalized spacial score (nSPS) is 16.1. The fourth-order valence-corrected chi connectivity index (χ4v) is 4.42. The predicted molar refractivity (Wildman–Crippen MR) is 116 cm³/mol. The summed E-state index contributed by atoms with van der Waals surface area (Å²) in [7, 11) is 1.59. The quantitative estimate of drug-likeness (QED) is 0.549. The predicted octanol–water partition coefficient (Wildman–Crippen LogP) is 3.97. The van der Waals surface area contributed by atoms with Gasteiger partial charge in [0, 0.05) is 36.1 Å². The highest BCUT2D eigenvalue weighted by molar-refractivity contribution is 7.09. The fourth-order valence-electron chi connectivity index (χ4n) is 3.72. The number of carbonyl (C=O) groups is 2. The molecule has 1 aliphatic rings. The molecule has 1 atom stereocenters. The zero-order valence-electron chi connectivity index (χ0n) is 16.8. The molecule has 0 radical (unpaired) electrons. The van der Waals surface area contributed by atoms with Crippen LogP contribution in [0.3, 0.4) is 0 Å². The summed E-state index contributed by atoms with van der Waals surface area (Å²) in [5.41, 5.74) is 0.755. The van der Waals surface area contributed by atoms with Crippen LogP contribution in [0, 0.1) is 5.92 Å². The summed E-state index contributed by atoms with van der Waals surface area (Å²) in [6, 6.07) is 15.1. The molecule has 3 aromatic rings. The molecule has 1 aliphatic heterocycles. The Hall–Kier alpha value is -3.06. The zero-order chi connectivity index (χ0) is 20.9. The number of carbonyl (C=O) groups excluding carboxylic acids is 2. The van der Waals surface area contributed by atoms with Gasteiger partial charge in [0.2, 0.25) is 11.8 Å². The summed E-state index contributed by atoms with van der Waals surface area (Å²) in [5.74, 6) is 0.996. The summed E-state index contributed by atoms with van der Waals surface area (Å²) in [6.45, 7) is 1.36. The van der Waals surface area contributed by atoms with E-state index in [1.54, 1.807) is 29.6 Å². The largest absolute Gasteiger partial charge is 0.497 e. The minimum Gasteiger partial charge on any atom is -0.497 e. The molecule has 1 aromatic carbocycles. The number of nitrogens with zero attached hydrogens (tertiary/aromatic N) is 2. The van der Waals surface area contributed by atoms with E-state index in [0.29, 0.717) is 25.4 Å². The number of thiophene rings is 1. The molecular formula is C23H24N2O4S. The lowest BCUT2D eigenvalue weighted by atomic mass is 10.1. The topological polar surface area (TPSA) is 63.0 Å². The SMILES string of the molecule is COc1cccc(N2CC(C(=O)N(CCc3cccs3)Cc3ccco3)CC2=O)c1. The summed E-state index contributed by atoms with van der Waals surface area (Å²) in [4.78, 5) is 30.7. The highest BCUT2D eigenvalue weighted by Crippen LogP contribution is 2.29.